The number of ether oxygens (including phenoxy) is 1. The van der Waals surface area contributed by atoms with E-state index in [0.717, 1.165) is 24.5 Å². The number of H-pyrrole nitrogens is 1. The minimum absolute atomic E-state index is 0.0296. The quantitative estimate of drug-likeness (QED) is 0.855. The molecule has 2 saturated heterocycles. The van der Waals surface area contributed by atoms with Crippen LogP contribution in [0, 0.1) is 0 Å². The van der Waals surface area contributed by atoms with Crippen LogP contribution in [0.25, 0.3) is 0 Å². The molecule has 2 aliphatic heterocycles. The molecule has 0 bridgehead atoms. The van der Waals surface area contributed by atoms with Crippen LogP contribution in [0.3, 0.4) is 0 Å². The number of rotatable bonds is 4. The van der Waals surface area contributed by atoms with Gasteiger partial charge in [-0.2, -0.15) is 18.3 Å². The highest BCUT2D eigenvalue weighted by atomic mass is 19.4. The Balaban J connectivity index is 1.20. The van der Waals surface area contributed by atoms with Crippen molar-refractivity contribution in [2.75, 3.05) is 26.2 Å². The summed E-state index contributed by atoms with van der Waals surface area (Å²) in [5.74, 6) is 0.970. The highest BCUT2D eigenvalue weighted by Crippen LogP contribution is 2.28. The number of carbonyl (C=O) groups excluding carboxylic acids is 1. The highest BCUT2D eigenvalue weighted by Gasteiger charge is 2.37. The summed E-state index contributed by atoms with van der Waals surface area (Å²) in [4.78, 5) is 23.6. The van der Waals surface area contributed by atoms with Gasteiger partial charge in [0.25, 0.3) is 0 Å². The van der Waals surface area contributed by atoms with Crippen molar-refractivity contribution in [3.63, 3.8) is 0 Å². The van der Waals surface area contributed by atoms with Crippen LogP contribution in [0.15, 0.2) is 24.7 Å². The summed E-state index contributed by atoms with van der Waals surface area (Å²) in [5, 5.41) is 6.69. The number of nitrogens with one attached hydrogen (secondary N) is 1. The second-order valence-corrected chi connectivity index (χ2v) is 6.97. The van der Waals surface area contributed by atoms with E-state index in [1.165, 1.54) is 12.4 Å². The molecule has 0 spiro atoms. The van der Waals surface area contributed by atoms with Crippen LogP contribution in [-0.2, 0) is 17.5 Å². The zero-order valence-corrected chi connectivity index (χ0v) is 14.9. The van der Waals surface area contributed by atoms with Crippen LogP contribution in [0.2, 0.25) is 0 Å². The summed E-state index contributed by atoms with van der Waals surface area (Å²) >= 11 is 0. The smallest absolute Gasteiger partial charge is 0.370 e. The molecule has 4 rings (SSSR count). The largest absolute Gasteiger partial charge is 0.433 e. The van der Waals surface area contributed by atoms with Crippen molar-refractivity contribution < 1.29 is 22.7 Å². The van der Waals surface area contributed by atoms with Gasteiger partial charge in [0.15, 0.2) is 0 Å². The van der Waals surface area contributed by atoms with Gasteiger partial charge in [0, 0.05) is 25.2 Å². The number of urea groups is 1. The molecule has 150 valence electrons. The molecule has 1 N–H and O–H groups in total. The number of pyridine rings is 1. The number of halogens is 3. The van der Waals surface area contributed by atoms with Crippen molar-refractivity contribution in [2.24, 2.45) is 0 Å². The molecule has 4 heterocycles. The van der Waals surface area contributed by atoms with Gasteiger partial charge in [-0.3, -0.25) is 10.1 Å². The predicted octanol–water partition coefficient (Wildman–Crippen LogP) is 2.03. The second kappa shape index (κ2) is 7.38. The first kappa shape index (κ1) is 18.7. The zero-order chi connectivity index (χ0) is 19.7. The Labute approximate surface area is 158 Å². The maximum atomic E-state index is 12.5. The summed E-state index contributed by atoms with van der Waals surface area (Å²) in [5.41, 5.74) is -0.363. The minimum Gasteiger partial charge on any atom is -0.370 e. The average molecular weight is 396 g/mol. The van der Waals surface area contributed by atoms with Gasteiger partial charge in [-0.25, -0.2) is 9.78 Å². The Hall–Kier alpha value is -2.69. The normalized spacial score (nSPS) is 20.5. The maximum absolute atomic E-state index is 12.5. The lowest BCUT2D eigenvalue weighted by Crippen LogP contribution is -2.58. The van der Waals surface area contributed by atoms with E-state index in [1.807, 2.05) is 0 Å². The molecule has 2 aromatic heterocycles. The number of aromatic amines is 1. The molecule has 2 fully saturated rings. The van der Waals surface area contributed by atoms with Crippen molar-refractivity contribution in [3.05, 3.63) is 41.7 Å². The van der Waals surface area contributed by atoms with Crippen molar-refractivity contribution in [1.82, 2.24) is 30.0 Å². The topological polar surface area (TPSA) is 87.2 Å². The highest BCUT2D eigenvalue weighted by molar-refractivity contribution is 5.75. The van der Waals surface area contributed by atoms with Gasteiger partial charge in [-0.15, -0.1) is 0 Å². The van der Waals surface area contributed by atoms with Gasteiger partial charge in [-0.05, 0) is 18.1 Å². The van der Waals surface area contributed by atoms with Crippen LogP contribution >= 0.6 is 0 Å². The Bertz CT molecular complexity index is 805. The Morgan fingerprint density at radius 3 is 2.68 bits per heavy atom. The second-order valence-electron chi connectivity index (χ2n) is 6.97. The first-order chi connectivity index (χ1) is 13.4. The predicted molar refractivity (Wildman–Crippen MR) is 90.1 cm³/mol. The lowest BCUT2D eigenvalue weighted by molar-refractivity contribution is -0.141. The Kier molecular flexibility index (Phi) is 4.92. The Morgan fingerprint density at radius 1 is 1.21 bits per heavy atom. The SMILES string of the molecule is O=C(N1CC(OCc2ccc(C(F)(F)F)nc2)C1)N1CCC(c2ncn[nH]2)C1. The summed E-state index contributed by atoms with van der Waals surface area (Å²) in [7, 11) is 0. The minimum atomic E-state index is -4.45. The number of amides is 2. The summed E-state index contributed by atoms with van der Waals surface area (Å²) in [6.07, 6.45) is -1.10. The fraction of sp³-hybridized carbons (Fsp3) is 0.529. The standard InChI is InChI=1S/C17H19F3N6O2/c18-17(19,20)14-2-1-11(5-21-14)9-28-13-7-26(8-13)16(27)25-4-3-12(6-25)15-22-10-23-24-15/h1-2,5,10,12-13H,3-4,6-9H2,(H,22,23,24). The number of likely N-dealkylation sites (tertiary alicyclic amines) is 2. The summed E-state index contributed by atoms with van der Waals surface area (Å²) in [6.45, 7) is 2.37. The number of hydrogen-bond acceptors (Lipinski definition) is 5. The lowest BCUT2D eigenvalue weighted by atomic mass is 10.1. The molecule has 1 atom stereocenters. The third-order valence-corrected chi connectivity index (χ3v) is 5.00. The van der Waals surface area contributed by atoms with E-state index in [2.05, 4.69) is 20.2 Å². The van der Waals surface area contributed by atoms with E-state index < -0.39 is 11.9 Å². The van der Waals surface area contributed by atoms with E-state index in [4.69, 9.17) is 4.74 Å². The molecular weight excluding hydrogens is 377 g/mol. The van der Waals surface area contributed by atoms with E-state index in [-0.39, 0.29) is 24.7 Å². The first-order valence-corrected chi connectivity index (χ1v) is 8.93. The van der Waals surface area contributed by atoms with Crippen molar-refractivity contribution in [3.8, 4) is 0 Å². The van der Waals surface area contributed by atoms with Crippen LogP contribution in [0.5, 0.6) is 0 Å². The third kappa shape index (κ3) is 3.93. The molecular formula is C17H19F3N6O2. The molecule has 0 aromatic carbocycles. The number of carbonyl (C=O) groups is 1. The van der Waals surface area contributed by atoms with E-state index in [0.29, 0.717) is 31.7 Å². The first-order valence-electron chi connectivity index (χ1n) is 8.93. The van der Waals surface area contributed by atoms with Crippen molar-refractivity contribution >= 4 is 6.03 Å². The molecule has 2 aliphatic rings. The summed E-state index contributed by atoms with van der Waals surface area (Å²) < 4.78 is 43.2. The molecule has 2 aromatic rings. The molecule has 28 heavy (non-hydrogen) atoms. The fourth-order valence-electron chi connectivity index (χ4n) is 3.36. The van der Waals surface area contributed by atoms with Crippen LogP contribution in [0.4, 0.5) is 18.0 Å². The van der Waals surface area contributed by atoms with E-state index in [9.17, 15) is 18.0 Å². The molecule has 2 amide bonds. The lowest BCUT2D eigenvalue weighted by Gasteiger charge is -2.40. The van der Waals surface area contributed by atoms with Gasteiger partial charge in [-0.1, -0.05) is 6.07 Å². The van der Waals surface area contributed by atoms with Crippen molar-refractivity contribution in [2.45, 2.75) is 31.2 Å². The molecule has 0 radical (unpaired) electrons. The Morgan fingerprint density at radius 2 is 2.04 bits per heavy atom. The molecule has 11 heteroatoms. The van der Waals surface area contributed by atoms with E-state index in [1.54, 1.807) is 9.80 Å². The zero-order valence-electron chi connectivity index (χ0n) is 14.9. The van der Waals surface area contributed by atoms with Gasteiger partial charge in [0.1, 0.15) is 17.8 Å². The van der Waals surface area contributed by atoms with E-state index >= 15 is 0 Å². The van der Waals surface area contributed by atoms with Crippen LogP contribution in [0.1, 0.15) is 29.4 Å². The fourth-order valence-corrected chi connectivity index (χ4v) is 3.36. The molecule has 8 nitrogen and oxygen atoms in total. The van der Waals surface area contributed by atoms with Gasteiger partial charge < -0.3 is 14.5 Å². The van der Waals surface area contributed by atoms with Gasteiger partial charge in [0.2, 0.25) is 0 Å². The molecule has 1 unspecified atom stereocenters. The average Bonchev–Trinajstić information content (AvgIpc) is 3.31. The monoisotopic (exact) mass is 396 g/mol. The number of nitrogens with zero attached hydrogens (tertiary/aromatic N) is 5. The molecule has 0 saturated carbocycles. The van der Waals surface area contributed by atoms with Gasteiger partial charge >= 0.3 is 12.2 Å². The van der Waals surface area contributed by atoms with Gasteiger partial charge in [0.05, 0.1) is 25.8 Å². The van der Waals surface area contributed by atoms with Crippen LogP contribution < -0.4 is 0 Å². The number of alkyl halides is 3. The maximum Gasteiger partial charge on any atom is 0.433 e. The third-order valence-electron chi connectivity index (χ3n) is 5.00. The molecule has 0 aliphatic carbocycles. The van der Waals surface area contributed by atoms with Crippen LogP contribution in [-0.4, -0.2) is 68.3 Å². The number of hydrogen-bond donors (Lipinski definition) is 1. The van der Waals surface area contributed by atoms with Crippen molar-refractivity contribution in [1.29, 1.82) is 0 Å². The summed E-state index contributed by atoms with van der Waals surface area (Å²) in [6, 6.07) is 2.26. The number of aromatic nitrogens is 4.